The van der Waals surface area contributed by atoms with Gasteiger partial charge in [-0.15, -0.1) is 11.3 Å². The van der Waals surface area contributed by atoms with Crippen molar-refractivity contribution in [1.82, 2.24) is 14.8 Å². The monoisotopic (exact) mass is 530 g/mol. The van der Waals surface area contributed by atoms with Gasteiger partial charge in [0.1, 0.15) is 0 Å². The number of aryl methyl sites for hydroxylation is 1. The zero-order valence-electron chi connectivity index (χ0n) is 21.1. The summed E-state index contributed by atoms with van der Waals surface area (Å²) in [5, 5.41) is 3.45. The summed E-state index contributed by atoms with van der Waals surface area (Å²) in [4.78, 5) is 36.6. The minimum Gasteiger partial charge on any atom is -0.454 e. The second kappa shape index (κ2) is 11.0. The van der Waals surface area contributed by atoms with Gasteiger partial charge in [-0.3, -0.25) is 19.8 Å². The highest BCUT2D eigenvalue weighted by Gasteiger charge is 2.34. The van der Waals surface area contributed by atoms with E-state index < -0.39 is 0 Å². The molecule has 1 unspecified atom stereocenters. The second-order valence-electron chi connectivity index (χ2n) is 9.73. The van der Waals surface area contributed by atoms with Crippen molar-refractivity contribution in [2.75, 3.05) is 44.8 Å². The van der Waals surface area contributed by atoms with Crippen molar-refractivity contribution in [3.05, 3.63) is 76.3 Å². The number of carbonyl (C=O) groups excluding carboxylic acids is 2. The number of piperazine rings is 1. The van der Waals surface area contributed by atoms with Crippen LogP contribution in [-0.2, 0) is 11.2 Å². The highest BCUT2D eigenvalue weighted by atomic mass is 32.1. The van der Waals surface area contributed by atoms with Crippen LogP contribution in [0.15, 0.2) is 54.6 Å². The smallest absolute Gasteiger partial charge is 0.257 e. The van der Waals surface area contributed by atoms with Crippen molar-refractivity contribution in [3.8, 4) is 11.5 Å². The molecule has 38 heavy (non-hydrogen) atoms. The number of hydrogen-bond donors (Lipinski definition) is 1. The molecule has 1 atom stereocenters. The van der Waals surface area contributed by atoms with Gasteiger partial charge in [0.15, 0.2) is 16.6 Å². The van der Waals surface area contributed by atoms with Gasteiger partial charge in [0.05, 0.1) is 11.6 Å². The first-order valence-electron chi connectivity index (χ1n) is 13.1. The quantitative estimate of drug-likeness (QED) is 0.509. The molecule has 1 aromatic heterocycles. The van der Waals surface area contributed by atoms with E-state index in [0.717, 1.165) is 62.6 Å². The zero-order valence-corrected chi connectivity index (χ0v) is 21.9. The van der Waals surface area contributed by atoms with Gasteiger partial charge in [-0.2, -0.15) is 0 Å². The lowest BCUT2D eigenvalue weighted by atomic mass is 9.89. The molecule has 2 amide bonds. The molecule has 0 bridgehead atoms. The molecule has 2 aromatic carbocycles. The van der Waals surface area contributed by atoms with Crippen LogP contribution in [0.5, 0.6) is 11.5 Å². The number of hydrogen-bond acceptors (Lipinski definition) is 7. The summed E-state index contributed by atoms with van der Waals surface area (Å²) >= 11 is 1.47. The average molecular weight is 531 g/mol. The number of nitrogens with zero attached hydrogens (tertiary/aromatic N) is 3. The molecular formula is C29H30N4O4S. The number of fused-ring (bicyclic) bond motifs is 2. The summed E-state index contributed by atoms with van der Waals surface area (Å²) in [5.41, 5.74) is 2.51. The summed E-state index contributed by atoms with van der Waals surface area (Å²) < 4.78 is 10.7. The Morgan fingerprint density at radius 2 is 1.87 bits per heavy atom. The lowest BCUT2D eigenvalue weighted by molar-refractivity contribution is -0.134. The summed E-state index contributed by atoms with van der Waals surface area (Å²) in [7, 11) is 0. The number of carbonyl (C=O) groups is 2. The lowest BCUT2D eigenvalue weighted by Gasteiger charge is -2.36. The highest BCUT2D eigenvalue weighted by Crippen LogP contribution is 2.38. The molecule has 3 aliphatic rings. The minimum atomic E-state index is -0.255. The molecule has 3 heterocycles. The Bertz CT molecular complexity index is 1350. The molecule has 0 spiro atoms. The minimum absolute atomic E-state index is 0.157. The van der Waals surface area contributed by atoms with Crippen molar-refractivity contribution in [3.63, 3.8) is 0 Å². The third kappa shape index (κ3) is 5.30. The van der Waals surface area contributed by atoms with Crippen LogP contribution in [0.25, 0.3) is 6.08 Å². The topological polar surface area (TPSA) is 84.0 Å². The number of rotatable bonds is 6. The van der Waals surface area contributed by atoms with Gasteiger partial charge in [-0.05, 0) is 43.0 Å². The van der Waals surface area contributed by atoms with Crippen LogP contribution >= 0.6 is 11.3 Å². The Morgan fingerprint density at radius 1 is 1.05 bits per heavy atom. The summed E-state index contributed by atoms with van der Waals surface area (Å²) in [5.74, 6) is 0.862. The first kappa shape index (κ1) is 24.6. The van der Waals surface area contributed by atoms with Crippen LogP contribution in [0.1, 0.15) is 45.3 Å². The van der Waals surface area contributed by atoms with Crippen molar-refractivity contribution >= 4 is 34.4 Å². The van der Waals surface area contributed by atoms with E-state index in [1.807, 2.05) is 23.1 Å². The number of anilines is 1. The van der Waals surface area contributed by atoms with Crippen LogP contribution in [-0.4, -0.2) is 66.1 Å². The van der Waals surface area contributed by atoms with Gasteiger partial charge in [-0.1, -0.05) is 42.5 Å². The predicted octanol–water partition coefficient (Wildman–Crippen LogP) is 4.40. The number of nitrogens with one attached hydrogen (secondary N) is 1. The van der Waals surface area contributed by atoms with Gasteiger partial charge in [-0.25, -0.2) is 4.98 Å². The molecule has 0 radical (unpaired) electrons. The molecule has 1 N–H and O–H groups in total. The summed E-state index contributed by atoms with van der Waals surface area (Å²) in [6, 6.07) is 15.4. The molecule has 1 saturated heterocycles. The Morgan fingerprint density at radius 3 is 2.71 bits per heavy atom. The van der Waals surface area contributed by atoms with Crippen LogP contribution in [0.2, 0.25) is 0 Å². The molecule has 0 saturated carbocycles. The molecule has 3 aromatic rings. The fourth-order valence-electron chi connectivity index (χ4n) is 5.19. The van der Waals surface area contributed by atoms with Gasteiger partial charge in [0.2, 0.25) is 12.7 Å². The Labute approximate surface area is 225 Å². The van der Waals surface area contributed by atoms with Crippen LogP contribution in [0.4, 0.5) is 5.13 Å². The maximum absolute atomic E-state index is 13.5. The number of ether oxygens (including phenoxy) is 2. The van der Waals surface area contributed by atoms with Crippen molar-refractivity contribution < 1.29 is 19.1 Å². The number of amides is 2. The standard InChI is InChI=1S/C29H30N4O4S/c34-27(21-11-12-23-24(18-21)37-19-36-23)31-29-30-26-22(9-4-10-25(26)38-29)28(35)33-16-14-32(15-17-33)13-5-8-20-6-2-1-3-7-20/h1-3,5-8,11-12,18,22H,4,9-10,13-17,19H2,(H,30,31,34)/b8-5+. The van der Waals surface area contributed by atoms with E-state index in [1.165, 1.54) is 16.9 Å². The lowest BCUT2D eigenvalue weighted by Crippen LogP contribution is -2.50. The van der Waals surface area contributed by atoms with Gasteiger partial charge >= 0.3 is 0 Å². The van der Waals surface area contributed by atoms with E-state index in [9.17, 15) is 9.59 Å². The molecule has 1 aliphatic carbocycles. The first-order chi connectivity index (χ1) is 18.6. The second-order valence-corrected chi connectivity index (χ2v) is 10.8. The highest BCUT2D eigenvalue weighted by molar-refractivity contribution is 7.16. The van der Waals surface area contributed by atoms with E-state index in [4.69, 9.17) is 14.5 Å². The largest absolute Gasteiger partial charge is 0.454 e. The molecule has 196 valence electrons. The Kier molecular flexibility index (Phi) is 7.11. The molecule has 1 fully saturated rings. The molecule has 2 aliphatic heterocycles. The SMILES string of the molecule is O=C(Nc1nc2c(s1)CCCC2C(=O)N1CCN(C/C=C/c2ccccc2)CC1)c1ccc2c(c1)OCO2. The van der Waals surface area contributed by atoms with Crippen LogP contribution in [0, 0.1) is 0 Å². The molecule has 9 heteroatoms. The van der Waals surface area contributed by atoms with Gasteiger partial charge in [0.25, 0.3) is 5.91 Å². The van der Waals surface area contributed by atoms with Crippen LogP contribution < -0.4 is 14.8 Å². The van der Waals surface area contributed by atoms with Crippen LogP contribution in [0.3, 0.4) is 0 Å². The normalized spacial score (nSPS) is 18.9. The maximum Gasteiger partial charge on any atom is 0.257 e. The van der Waals surface area contributed by atoms with E-state index >= 15 is 0 Å². The predicted molar refractivity (Wildman–Crippen MR) is 147 cm³/mol. The summed E-state index contributed by atoms with van der Waals surface area (Å²) in [6.07, 6.45) is 6.97. The molecule has 8 nitrogen and oxygen atoms in total. The van der Waals surface area contributed by atoms with Crippen molar-refractivity contribution in [2.24, 2.45) is 0 Å². The number of aromatic nitrogens is 1. The van der Waals surface area contributed by atoms with E-state index in [-0.39, 0.29) is 24.5 Å². The molecule has 6 rings (SSSR count). The third-order valence-corrected chi connectivity index (χ3v) is 8.31. The first-order valence-corrected chi connectivity index (χ1v) is 13.9. The Balaban J connectivity index is 1.06. The summed E-state index contributed by atoms with van der Waals surface area (Å²) in [6.45, 7) is 4.21. The van der Waals surface area contributed by atoms with Crippen molar-refractivity contribution in [2.45, 2.75) is 25.2 Å². The van der Waals surface area contributed by atoms with E-state index in [1.54, 1.807) is 18.2 Å². The van der Waals surface area contributed by atoms with E-state index in [2.05, 4.69) is 34.5 Å². The van der Waals surface area contributed by atoms with Crippen molar-refractivity contribution in [1.29, 1.82) is 0 Å². The number of benzene rings is 2. The van der Waals surface area contributed by atoms with E-state index in [0.29, 0.717) is 22.2 Å². The molecular weight excluding hydrogens is 500 g/mol. The average Bonchev–Trinajstić information content (AvgIpc) is 3.59. The fourth-order valence-corrected chi connectivity index (χ4v) is 6.25. The van der Waals surface area contributed by atoms with Gasteiger partial charge < -0.3 is 14.4 Å². The third-order valence-electron chi connectivity index (χ3n) is 7.27. The zero-order chi connectivity index (χ0) is 25.9. The fraction of sp³-hybridized carbons (Fsp3) is 0.345. The maximum atomic E-state index is 13.5. The van der Waals surface area contributed by atoms with Gasteiger partial charge in [0, 0.05) is 43.2 Å². The number of thiazole rings is 1. The Hall–Kier alpha value is -3.69.